The van der Waals surface area contributed by atoms with E-state index in [-0.39, 0.29) is 0 Å². The second-order valence-electron chi connectivity index (χ2n) is 4.54. The average Bonchev–Trinajstić information content (AvgIpc) is 2.63. The van der Waals surface area contributed by atoms with Crippen molar-refractivity contribution >= 4 is 17.9 Å². The molecule has 1 fully saturated rings. The fourth-order valence-electron chi connectivity index (χ4n) is 2.22. The Morgan fingerprint density at radius 1 is 1.40 bits per heavy atom. The predicted octanol–water partition coefficient (Wildman–Crippen LogP) is 0.547. The molecule has 0 aliphatic carbocycles. The number of amides is 3. The lowest BCUT2D eigenvalue weighted by Gasteiger charge is -2.24. The molecule has 1 aromatic rings. The molecular formula is C13H14N2O5. The largest absolute Gasteiger partial charge is 0.496 e. The molecule has 3 amide bonds. The van der Waals surface area contributed by atoms with Gasteiger partial charge in [0.15, 0.2) is 0 Å². The van der Waals surface area contributed by atoms with Gasteiger partial charge in [-0.05, 0) is 13.0 Å². The number of aliphatic carboxylic acids is 1. The van der Waals surface area contributed by atoms with Gasteiger partial charge in [0.1, 0.15) is 17.8 Å². The molecule has 2 N–H and O–H groups in total. The molecule has 106 valence electrons. The van der Waals surface area contributed by atoms with Crippen LogP contribution < -0.4 is 10.1 Å². The van der Waals surface area contributed by atoms with Crippen molar-refractivity contribution in [3.05, 3.63) is 29.8 Å². The minimum absolute atomic E-state index is 0.445. The van der Waals surface area contributed by atoms with E-state index in [9.17, 15) is 14.4 Å². The SMILES string of the molecule is COc1ccccc1[C@]1(C)NC(=O)N(CC(=O)O)C1=O. The molecule has 1 aliphatic rings. The first-order valence-corrected chi connectivity index (χ1v) is 5.89. The molecule has 1 aliphatic heterocycles. The second kappa shape index (κ2) is 4.84. The van der Waals surface area contributed by atoms with Crippen LogP contribution in [0, 0.1) is 0 Å². The summed E-state index contributed by atoms with van der Waals surface area (Å²) in [4.78, 5) is 35.6. The summed E-state index contributed by atoms with van der Waals surface area (Å²) in [5.41, 5.74) is -0.854. The second-order valence-corrected chi connectivity index (χ2v) is 4.54. The number of hydrogen-bond acceptors (Lipinski definition) is 4. The van der Waals surface area contributed by atoms with Gasteiger partial charge in [0.05, 0.1) is 7.11 Å². The van der Waals surface area contributed by atoms with Crippen LogP contribution in [0.4, 0.5) is 4.79 Å². The van der Waals surface area contributed by atoms with Crippen molar-refractivity contribution in [1.29, 1.82) is 0 Å². The Balaban J connectivity index is 2.43. The van der Waals surface area contributed by atoms with E-state index in [4.69, 9.17) is 9.84 Å². The van der Waals surface area contributed by atoms with Gasteiger partial charge in [0, 0.05) is 5.56 Å². The first kappa shape index (κ1) is 13.9. The lowest BCUT2D eigenvalue weighted by Crippen LogP contribution is -2.41. The maximum absolute atomic E-state index is 12.4. The molecule has 7 nitrogen and oxygen atoms in total. The molecule has 0 bridgehead atoms. The summed E-state index contributed by atoms with van der Waals surface area (Å²) in [7, 11) is 1.46. The number of rotatable bonds is 4. The molecule has 1 atom stereocenters. The maximum Gasteiger partial charge on any atom is 0.325 e. The number of ether oxygens (including phenoxy) is 1. The van der Waals surface area contributed by atoms with Crippen LogP contribution in [0.3, 0.4) is 0 Å². The maximum atomic E-state index is 12.4. The van der Waals surface area contributed by atoms with Crippen LogP contribution in [0.2, 0.25) is 0 Å². The highest BCUT2D eigenvalue weighted by Crippen LogP contribution is 2.34. The summed E-state index contributed by atoms with van der Waals surface area (Å²) < 4.78 is 5.18. The van der Waals surface area contributed by atoms with E-state index in [1.165, 1.54) is 14.0 Å². The Morgan fingerprint density at radius 3 is 2.65 bits per heavy atom. The molecule has 0 aromatic heterocycles. The van der Waals surface area contributed by atoms with Crippen molar-refractivity contribution in [2.24, 2.45) is 0 Å². The van der Waals surface area contributed by atoms with Crippen LogP contribution in [-0.4, -0.2) is 41.6 Å². The van der Waals surface area contributed by atoms with Crippen molar-refractivity contribution in [3.8, 4) is 5.75 Å². The number of methoxy groups -OCH3 is 1. The van der Waals surface area contributed by atoms with Crippen LogP contribution in [-0.2, 0) is 15.1 Å². The normalized spacial score (nSPS) is 21.8. The minimum atomic E-state index is -1.33. The number of nitrogens with one attached hydrogen (secondary N) is 1. The summed E-state index contributed by atoms with van der Waals surface area (Å²) in [5.74, 6) is -1.42. The Labute approximate surface area is 115 Å². The van der Waals surface area contributed by atoms with Crippen LogP contribution >= 0.6 is 0 Å². The zero-order chi connectivity index (χ0) is 14.9. The number of benzene rings is 1. The number of para-hydroxylation sites is 1. The molecule has 0 saturated carbocycles. The third-order valence-electron chi connectivity index (χ3n) is 3.21. The third kappa shape index (κ3) is 2.07. The quantitative estimate of drug-likeness (QED) is 0.784. The van der Waals surface area contributed by atoms with Gasteiger partial charge < -0.3 is 15.2 Å². The molecule has 7 heteroatoms. The Morgan fingerprint density at radius 2 is 2.05 bits per heavy atom. The van der Waals surface area contributed by atoms with E-state index in [0.717, 1.165) is 0 Å². The Hall–Kier alpha value is -2.57. The number of nitrogens with zero attached hydrogens (tertiary/aromatic N) is 1. The number of carbonyl (C=O) groups excluding carboxylic acids is 2. The molecule has 0 spiro atoms. The first-order chi connectivity index (χ1) is 9.40. The van der Waals surface area contributed by atoms with Gasteiger partial charge in [-0.15, -0.1) is 0 Å². The molecule has 1 aromatic carbocycles. The number of carboxylic acid groups (broad SMARTS) is 1. The van der Waals surface area contributed by atoms with E-state index in [1.807, 2.05) is 0 Å². The van der Waals surface area contributed by atoms with Gasteiger partial charge >= 0.3 is 12.0 Å². The van der Waals surface area contributed by atoms with E-state index in [2.05, 4.69) is 5.32 Å². The van der Waals surface area contributed by atoms with Crippen molar-refractivity contribution in [3.63, 3.8) is 0 Å². The highest BCUT2D eigenvalue weighted by atomic mass is 16.5. The zero-order valence-electron chi connectivity index (χ0n) is 11.0. The van der Waals surface area contributed by atoms with E-state index in [0.29, 0.717) is 16.2 Å². The van der Waals surface area contributed by atoms with Crippen molar-refractivity contribution in [2.75, 3.05) is 13.7 Å². The Kier molecular flexibility index (Phi) is 3.35. The molecular weight excluding hydrogens is 264 g/mol. The van der Waals surface area contributed by atoms with Crippen molar-refractivity contribution in [1.82, 2.24) is 10.2 Å². The predicted molar refractivity (Wildman–Crippen MR) is 68.2 cm³/mol. The van der Waals surface area contributed by atoms with Crippen LogP contribution in [0.25, 0.3) is 0 Å². The van der Waals surface area contributed by atoms with Crippen LogP contribution in [0.1, 0.15) is 12.5 Å². The lowest BCUT2D eigenvalue weighted by atomic mass is 9.91. The monoisotopic (exact) mass is 278 g/mol. The van der Waals surface area contributed by atoms with Crippen molar-refractivity contribution in [2.45, 2.75) is 12.5 Å². The standard InChI is InChI=1S/C13H14N2O5/c1-13(8-5-3-4-6-9(8)20-2)11(18)15(7-10(16)17)12(19)14-13/h3-6H,7H2,1-2H3,(H,14,19)(H,16,17)/t13-/m0/s1. The van der Waals surface area contributed by atoms with E-state index >= 15 is 0 Å². The topological polar surface area (TPSA) is 95.9 Å². The van der Waals surface area contributed by atoms with Crippen LogP contribution in [0.15, 0.2) is 24.3 Å². The van der Waals surface area contributed by atoms with Crippen LogP contribution in [0.5, 0.6) is 5.75 Å². The highest BCUT2D eigenvalue weighted by Gasteiger charge is 2.50. The van der Waals surface area contributed by atoms with Crippen molar-refractivity contribution < 1.29 is 24.2 Å². The molecule has 1 heterocycles. The number of imide groups is 1. The van der Waals surface area contributed by atoms with Gasteiger partial charge in [-0.3, -0.25) is 14.5 Å². The summed E-state index contributed by atoms with van der Waals surface area (Å²) in [6, 6.07) is 6.04. The highest BCUT2D eigenvalue weighted by molar-refractivity contribution is 6.09. The summed E-state index contributed by atoms with van der Waals surface area (Å²) in [6.45, 7) is 0.850. The third-order valence-corrected chi connectivity index (χ3v) is 3.21. The number of urea groups is 1. The molecule has 0 radical (unpaired) electrons. The van der Waals surface area contributed by atoms with Gasteiger partial charge in [0.25, 0.3) is 5.91 Å². The fourth-order valence-corrected chi connectivity index (χ4v) is 2.22. The summed E-state index contributed by atoms with van der Waals surface area (Å²) in [6.07, 6.45) is 0. The Bertz CT molecular complexity index is 586. The average molecular weight is 278 g/mol. The van der Waals surface area contributed by atoms with Gasteiger partial charge in [0.2, 0.25) is 0 Å². The summed E-state index contributed by atoms with van der Waals surface area (Å²) >= 11 is 0. The minimum Gasteiger partial charge on any atom is -0.496 e. The van der Waals surface area contributed by atoms with E-state index < -0.39 is 30.0 Å². The van der Waals surface area contributed by atoms with Gasteiger partial charge in [-0.25, -0.2) is 4.79 Å². The molecule has 1 saturated heterocycles. The smallest absolute Gasteiger partial charge is 0.325 e. The molecule has 2 rings (SSSR count). The van der Waals surface area contributed by atoms with E-state index in [1.54, 1.807) is 24.3 Å². The summed E-state index contributed by atoms with van der Waals surface area (Å²) in [5, 5.41) is 11.3. The number of hydrogen-bond donors (Lipinski definition) is 2. The lowest BCUT2D eigenvalue weighted by molar-refractivity contribution is -0.142. The molecule has 20 heavy (non-hydrogen) atoms. The van der Waals surface area contributed by atoms with Gasteiger partial charge in [-0.2, -0.15) is 0 Å². The first-order valence-electron chi connectivity index (χ1n) is 5.89. The molecule has 0 unspecified atom stereocenters. The number of carboxylic acids is 1. The van der Waals surface area contributed by atoms with Gasteiger partial charge in [-0.1, -0.05) is 18.2 Å². The number of carbonyl (C=O) groups is 3. The zero-order valence-corrected chi connectivity index (χ0v) is 11.0. The fraction of sp³-hybridized carbons (Fsp3) is 0.308.